The standard InChI is InChI=1S/3CH3.ClH.Ti/h3*1H3;1H;/q3*-1;;+3. The summed E-state index contributed by atoms with van der Waals surface area (Å²) in [4.78, 5) is 0. The molecule has 0 amide bonds. The van der Waals surface area contributed by atoms with Crippen molar-refractivity contribution in [2.75, 3.05) is 0 Å². The smallest absolute Gasteiger partial charge is 0.358 e. The van der Waals surface area contributed by atoms with Crippen LogP contribution in [-0.2, 0) is 21.7 Å². The molecule has 0 saturated heterocycles. The SMILES string of the molecule is Cl.[CH3-].[CH3-].[CH3-].[Ti+3]. The van der Waals surface area contributed by atoms with E-state index >= 15 is 0 Å². The summed E-state index contributed by atoms with van der Waals surface area (Å²) in [5, 5.41) is 0. The van der Waals surface area contributed by atoms with Gasteiger partial charge >= 0.3 is 21.7 Å². The molecule has 0 aromatic heterocycles. The van der Waals surface area contributed by atoms with Gasteiger partial charge in [-0.15, -0.1) is 12.4 Å². The van der Waals surface area contributed by atoms with Crippen molar-refractivity contribution in [1.29, 1.82) is 0 Å². The number of halogens is 1. The van der Waals surface area contributed by atoms with Gasteiger partial charge in [0, 0.05) is 0 Å². The zero-order valence-electron chi connectivity index (χ0n) is 3.91. The summed E-state index contributed by atoms with van der Waals surface area (Å²) in [5.41, 5.74) is 0. The maximum atomic E-state index is 0. The largest absolute Gasteiger partial charge is 3.00 e. The Morgan fingerprint density at radius 2 is 0.600 bits per heavy atom. The summed E-state index contributed by atoms with van der Waals surface area (Å²) in [6.07, 6.45) is 0. The number of hydrogen-bond acceptors (Lipinski definition) is 0. The summed E-state index contributed by atoms with van der Waals surface area (Å²) in [6, 6.07) is 0. The second kappa shape index (κ2) is 79.6. The Labute approximate surface area is 56.6 Å². The van der Waals surface area contributed by atoms with Crippen LogP contribution in [0, 0.1) is 22.3 Å². The van der Waals surface area contributed by atoms with Crippen LogP contribution < -0.4 is 0 Å². The third-order valence-electron chi connectivity index (χ3n) is 0. The zero-order valence-corrected chi connectivity index (χ0v) is 6.29. The second-order valence-corrected chi connectivity index (χ2v) is 0. The molecule has 0 unspecified atom stereocenters. The Morgan fingerprint density at radius 1 is 0.600 bits per heavy atom. The minimum atomic E-state index is 0. The molecule has 0 fully saturated rings. The quantitative estimate of drug-likeness (QED) is 0.345. The molecule has 0 aliphatic carbocycles. The third kappa shape index (κ3) is 44.8. The van der Waals surface area contributed by atoms with Gasteiger partial charge in [-0.1, -0.05) is 0 Å². The van der Waals surface area contributed by atoms with E-state index in [4.69, 9.17) is 0 Å². The molecular weight excluding hydrogens is 119 g/mol. The summed E-state index contributed by atoms with van der Waals surface area (Å²) < 4.78 is 0. The molecule has 0 heterocycles. The van der Waals surface area contributed by atoms with Crippen LogP contribution >= 0.6 is 12.4 Å². The van der Waals surface area contributed by atoms with E-state index in [1.807, 2.05) is 0 Å². The molecule has 5 heavy (non-hydrogen) atoms. The Kier molecular flexibility index (Phi) is 2370. The Morgan fingerprint density at radius 3 is 0.600 bits per heavy atom. The predicted molar refractivity (Wildman–Crippen MR) is 26.5 cm³/mol. The number of rotatable bonds is 0. The number of hydrogen-bond donors (Lipinski definition) is 0. The topological polar surface area (TPSA) is 0 Å². The molecule has 0 aromatic rings. The molecular formula is C3H10ClTi. The van der Waals surface area contributed by atoms with Crippen molar-refractivity contribution < 1.29 is 21.7 Å². The van der Waals surface area contributed by atoms with Crippen LogP contribution in [0.1, 0.15) is 0 Å². The minimum absolute atomic E-state index is 0. The van der Waals surface area contributed by atoms with Crippen LogP contribution in [0.4, 0.5) is 0 Å². The van der Waals surface area contributed by atoms with Crippen LogP contribution in [0.3, 0.4) is 0 Å². The van der Waals surface area contributed by atoms with E-state index in [2.05, 4.69) is 0 Å². The fourth-order valence-corrected chi connectivity index (χ4v) is 0. The molecule has 0 bridgehead atoms. The predicted octanol–water partition coefficient (Wildman–Crippen LogP) is 1.77. The van der Waals surface area contributed by atoms with E-state index in [1.165, 1.54) is 0 Å². The molecule has 0 N–H and O–H groups in total. The van der Waals surface area contributed by atoms with Gasteiger partial charge in [0.15, 0.2) is 0 Å². The first-order valence-electron chi connectivity index (χ1n) is 0. The van der Waals surface area contributed by atoms with E-state index in [-0.39, 0.29) is 56.4 Å². The van der Waals surface area contributed by atoms with Crippen molar-refractivity contribution in [3.8, 4) is 0 Å². The van der Waals surface area contributed by atoms with Gasteiger partial charge in [0.25, 0.3) is 0 Å². The molecule has 0 aliphatic heterocycles. The minimum Gasteiger partial charge on any atom is -0.358 e. The normalized spacial score (nSPS) is 0. The van der Waals surface area contributed by atoms with Gasteiger partial charge in [0.05, 0.1) is 0 Å². The zero-order chi connectivity index (χ0) is 0. The molecule has 33 valence electrons. The summed E-state index contributed by atoms with van der Waals surface area (Å²) in [5.74, 6) is 0. The molecule has 0 saturated carbocycles. The summed E-state index contributed by atoms with van der Waals surface area (Å²) >= 11 is 0. The van der Waals surface area contributed by atoms with Crippen LogP contribution in [-0.4, -0.2) is 0 Å². The van der Waals surface area contributed by atoms with Gasteiger partial charge in [-0.2, -0.15) is 0 Å². The molecule has 0 nitrogen and oxygen atoms in total. The van der Waals surface area contributed by atoms with Crippen molar-refractivity contribution in [3.63, 3.8) is 0 Å². The van der Waals surface area contributed by atoms with Crippen molar-refractivity contribution in [3.05, 3.63) is 22.3 Å². The van der Waals surface area contributed by atoms with Gasteiger partial charge in [-0.25, -0.2) is 0 Å². The molecule has 0 spiro atoms. The van der Waals surface area contributed by atoms with Crippen molar-refractivity contribution >= 4 is 12.4 Å². The van der Waals surface area contributed by atoms with Gasteiger partial charge in [0.2, 0.25) is 0 Å². The maximum Gasteiger partial charge on any atom is 3.00 e. The van der Waals surface area contributed by atoms with E-state index in [1.54, 1.807) is 0 Å². The van der Waals surface area contributed by atoms with Crippen molar-refractivity contribution in [2.24, 2.45) is 0 Å². The van der Waals surface area contributed by atoms with Gasteiger partial charge in [-0.05, 0) is 0 Å². The Bertz CT molecular complexity index is 6.85. The van der Waals surface area contributed by atoms with E-state index < -0.39 is 0 Å². The van der Waals surface area contributed by atoms with Gasteiger partial charge in [-0.3, -0.25) is 0 Å². The van der Waals surface area contributed by atoms with Crippen LogP contribution in [0.15, 0.2) is 0 Å². The van der Waals surface area contributed by atoms with Crippen LogP contribution in [0.5, 0.6) is 0 Å². The molecule has 0 aromatic carbocycles. The monoisotopic (exact) mass is 129 g/mol. The first-order valence-corrected chi connectivity index (χ1v) is 0. The fraction of sp³-hybridized carbons (Fsp3) is 0. The summed E-state index contributed by atoms with van der Waals surface area (Å²) in [7, 11) is 0. The summed E-state index contributed by atoms with van der Waals surface area (Å²) in [6.45, 7) is 0. The molecule has 2 heteroatoms. The van der Waals surface area contributed by atoms with Crippen LogP contribution in [0.25, 0.3) is 0 Å². The Balaban J connectivity index is 0. The van der Waals surface area contributed by atoms with Gasteiger partial charge in [0.1, 0.15) is 0 Å². The molecule has 0 aliphatic rings. The van der Waals surface area contributed by atoms with E-state index in [0.717, 1.165) is 0 Å². The molecule has 0 rings (SSSR count). The van der Waals surface area contributed by atoms with Crippen molar-refractivity contribution in [1.82, 2.24) is 0 Å². The Hall–Kier alpha value is 1.00. The molecule has 0 atom stereocenters. The first kappa shape index (κ1) is 149. The fourth-order valence-electron chi connectivity index (χ4n) is 0. The van der Waals surface area contributed by atoms with Crippen molar-refractivity contribution in [2.45, 2.75) is 0 Å². The maximum absolute atomic E-state index is 0. The average Bonchev–Trinajstić information content (AvgIpc) is 0. The van der Waals surface area contributed by atoms with E-state index in [9.17, 15) is 0 Å². The first-order chi connectivity index (χ1) is 0. The van der Waals surface area contributed by atoms with E-state index in [0.29, 0.717) is 0 Å². The third-order valence-corrected chi connectivity index (χ3v) is 0. The van der Waals surface area contributed by atoms with Crippen LogP contribution in [0.2, 0.25) is 0 Å². The average molecular weight is 129 g/mol. The molecule has 1 radical (unpaired) electrons. The van der Waals surface area contributed by atoms with Gasteiger partial charge < -0.3 is 22.3 Å². The second-order valence-electron chi connectivity index (χ2n) is 0.